The van der Waals surface area contributed by atoms with Crippen LogP contribution in [0.2, 0.25) is 0 Å². The molecule has 0 spiro atoms. The van der Waals surface area contributed by atoms with Crippen molar-refractivity contribution in [3.8, 4) is 5.75 Å². The zero-order valence-corrected chi connectivity index (χ0v) is 9.56. The van der Waals surface area contributed by atoms with E-state index in [-0.39, 0.29) is 11.7 Å². The first-order chi connectivity index (χ1) is 7.33. The topological polar surface area (TPSA) is 9.23 Å². The van der Waals surface area contributed by atoms with Crippen LogP contribution in [0.1, 0.15) is 37.8 Å². The predicted octanol–water partition coefficient (Wildman–Crippen LogP) is 4.27. The van der Waals surface area contributed by atoms with Crippen molar-refractivity contribution in [3.05, 3.63) is 29.3 Å². The average Bonchev–Trinajstić information content (AvgIpc) is 2.15. The molecule has 90 valence electrons. The summed E-state index contributed by atoms with van der Waals surface area (Å²) in [6.45, 7) is 5.66. The Balaban J connectivity index is 3.07. The lowest BCUT2D eigenvalue weighted by atomic mass is 10.0. The molecule has 4 heteroatoms. The number of rotatable bonds is 3. The van der Waals surface area contributed by atoms with E-state index in [1.807, 2.05) is 19.9 Å². The molecule has 0 unspecified atom stereocenters. The quantitative estimate of drug-likeness (QED) is 0.756. The highest BCUT2D eigenvalue weighted by Crippen LogP contribution is 2.30. The fourth-order valence-electron chi connectivity index (χ4n) is 1.44. The molecule has 0 bridgehead atoms. The van der Waals surface area contributed by atoms with Crippen LogP contribution in [0.5, 0.6) is 5.75 Å². The van der Waals surface area contributed by atoms with Gasteiger partial charge in [0.15, 0.2) is 0 Å². The molecule has 0 atom stereocenters. The van der Waals surface area contributed by atoms with E-state index in [9.17, 15) is 13.2 Å². The van der Waals surface area contributed by atoms with Crippen LogP contribution in [0.15, 0.2) is 18.2 Å². The van der Waals surface area contributed by atoms with Crippen molar-refractivity contribution in [1.82, 2.24) is 0 Å². The van der Waals surface area contributed by atoms with Gasteiger partial charge in [-0.2, -0.15) is 0 Å². The molecule has 0 saturated heterocycles. The van der Waals surface area contributed by atoms with Gasteiger partial charge in [0.2, 0.25) is 0 Å². The van der Waals surface area contributed by atoms with Crippen molar-refractivity contribution in [1.29, 1.82) is 0 Å². The van der Waals surface area contributed by atoms with Crippen molar-refractivity contribution < 1.29 is 17.9 Å². The minimum Gasteiger partial charge on any atom is -0.405 e. The molecule has 0 fully saturated rings. The number of hydrogen-bond acceptors (Lipinski definition) is 1. The van der Waals surface area contributed by atoms with Crippen molar-refractivity contribution in [2.24, 2.45) is 0 Å². The van der Waals surface area contributed by atoms with Gasteiger partial charge in [-0.05, 0) is 29.5 Å². The van der Waals surface area contributed by atoms with E-state index in [4.69, 9.17) is 0 Å². The molecule has 0 saturated carbocycles. The molecular weight excluding hydrogens is 217 g/mol. The highest BCUT2D eigenvalue weighted by molar-refractivity contribution is 5.38. The van der Waals surface area contributed by atoms with Gasteiger partial charge < -0.3 is 4.74 Å². The number of alkyl halides is 3. The lowest BCUT2D eigenvalue weighted by molar-refractivity contribution is -0.274. The third-order valence-corrected chi connectivity index (χ3v) is 2.36. The van der Waals surface area contributed by atoms with Crippen LogP contribution in [0.3, 0.4) is 0 Å². The first-order valence-electron chi connectivity index (χ1n) is 5.22. The number of ether oxygens (including phenoxy) is 1. The van der Waals surface area contributed by atoms with Crippen LogP contribution in [0, 0.1) is 0 Å². The van der Waals surface area contributed by atoms with Crippen LogP contribution in [0.25, 0.3) is 0 Å². The highest BCUT2D eigenvalue weighted by atomic mass is 19.4. The summed E-state index contributed by atoms with van der Waals surface area (Å²) in [5.74, 6) is 0.0997. The van der Waals surface area contributed by atoms with Crippen molar-refractivity contribution >= 4 is 0 Å². The minimum absolute atomic E-state index is 0.0822. The molecule has 0 amide bonds. The maximum Gasteiger partial charge on any atom is 0.573 e. The van der Waals surface area contributed by atoms with Crippen molar-refractivity contribution in [3.63, 3.8) is 0 Å². The smallest absolute Gasteiger partial charge is 0.405 e. The second-order valence-electron chi connectivity index (χ2n) is 3.92. The van der Waals surface area contributed by atoms with E-state index in [1.54, 1.807) is 13.0 Å². The van der Waals surface area contributed by atoms with E-state index in [0.717, 1.165) is 5.56 Å². The van der Waals surface area contributed by atoms with Gasteiger partial charge in [-0.1, -0.05) is 32.9 Å². The molecule has 0 aromatic heterocycles. The maximum atomic E-state index is 12.2. The van der Waals surface area contributed by atoms with Crippen LogP contribution in [0.4, 0.5) is 13.2 Å². The Morgan fingerprint density at radius 3 is 2.31 bits per heavy atom. The second kappa shape index (κ2) is 4.76. The summed E-state index contributed by atoms with van der Waals surface area (Å²) in [5, 5.41) is 0. The van der Waals surface area contributed by atoms with Gasteiger partial charge in [-0.25, -0.2) is 0 Å². The number of halogens is 3. The maximum absolute atomic E-state index is 12.2. The molecule has 1 aromatic rings. The number of hydrogen-bond donors (Lipinski definition) is 0. The highest BCUT2D eigenvalue weighted by Gasteiger charge is 2.32. The Morgan fingerprint density at radius 1 is 1.25 bits per heavy atom. The number of aryl methyl sites for hydroxylation is 1. The zero-order chi connectivity index (χ0) is 12.3. The molecule has 0 aliphatic carbocycles. The van der Waals surface area contributed by atoms with E-state index >= 15 is 0 Å². The molecule has 1 aromatic carbocycles. The summed E-state index contributed by atoms with van der Waals surface area (Å²) in [6.07, 6.45) is -4.11. The number of benzene rings is 1. The lowest BCUT2D eigenvalue weighted by Crippen LogP contribution is -2.18. The third-order valence-electron chi connectivity index (χ3n) is 2.36. The second-order valence-corrected chi connectivity index (χ2v) is 3.92. The SMILES string of the molecule is CCc1ccc(C(C)C)cc1OC(F)(F)F. The van der Waals surface area contributed by atoms with Gasteiger partial charge in [-0.15, -0.1) is 13.2 Å². The summed E-state index contributed by atoms with van der Waals surface area (Å²) in [4.78, 5) is 0. The molecule has 1 rings (SSSR count). The van der Waals surface area contributed by atoms with Crippen LogP contribution in [-0.2, 0) is 6.42 Å². The predicted molar refractivity (Wildman–Crippen MR) is 56.6 cm³/mol. The minimum atomic E-state index is -4.63. The summed E-state index contributed by atoms with van der Waals surface area (Å²) in [6, 6.07) is 5.00. The molecule has 1 nitrogen and oxygen atoms in total. The Hall–Kier alpha value is -1.19. The first-order valence-corrected chi connectivity index (χ1v) is 5.22. The molecule has 0 aliphatic rings. The molecule has 0 N–H and O–H groups in total. The fraction of sp³-hybridized carbons (Fsp3) is 0.500. The van der Waals surface area contributed by atoms with E-state index in [0.29, 0.717) is 12.0 Å². The monoisotopic (exact) mass is 232 g/mol. The third kappa shape index (κ3) is 3.43. The fourth-order valence-corrected chi connectivity index (χ4v) is 1.44. The molecule has 0 aliphatic heterocycles. The summed E-state index contributed by atoms with van der Waals surface area (Å²) >= 11 is 0. The average molecular weight is 232 g/mol. The van der Waals surface area contributed by atoms with Crippen LogP contribution in [-0.4, -0.2) is 6.36 Å². The zero-order valence-electron chi connectivity index (χ0n) is 9.56. The Morgan fingerprint density at radius 2 is 1.88 bits per heavy atom. The molecule has 0 heterocycles. The normalized spacial score (nSPS) is 11.9. The standard InChI is InChI=1S/C12H15F3O/c1-4-9-5-6-10(8(2)3)7-11(9)16-12(13,14)15/h5-8H,4H2,1-3H3. The van der Waals surface area contributed by atoms with Gasteiger partial charge in [0.25, 0.3) is 0 Å². The summed E-state index contributed by atoms with van der Waals surface area (Å²) in [7, 11) is 0. The van der Waals surface area contributed by atoms with Gasteiger partial charge in [-0.3, -0.25) is 0 Å². The summed E-state index contributed by atoms with van der Waals surface area (Å²) in [5.41, 5.74) is 1.41. The van der Waals surface area contributed by atoms with Crippen molar-refractivity contribution in [2.75, 3.05) is 0 Å². The Bertz CT molecular complexity index is 356. The van der Waals surface area contributed by atoms with Crippen LogP contribution < -0.4 is 4.74 Å². The van der Waals surface area contributed by atoms with Crippen molar-refractivity contribution in [2.45, 2.75) is 39.5 Å². The first kappa shape index (κ1) is 12.9. The van der Waals surface area contributed by atoms with Gasteiger partial charge in [0, 0.05) is 0 Å². The molecule has 16 heavy (non-hydrogen) atoms. The van der Waals surface area contributed by atoms with Crippen LogP contribution >= 0.6 is 0 Å². The Labute approximate surface area is 93.2 Å². The molecule has 0 radical (unpaired) electrons. The Kier molecular flexibility index (Phi) is 3.83. The van der Waals surface area contributed by atoms with E-state index in [1.165, 1.54) is 6.07 Å². The largest absolute Gasteiger partial charge is 0.573 e. The lowest BCUT2D eigenvalue weighted by Gasteiger charge is -2.15. The summed E-state index contributed by atoms with van der Waals surface area (Å²) < 4.78 is 40.5. The van der Waals surface area contributed by atoms with Gasteiger partial charge in [0.1, 0.15) is 5.75 Å². The van der Waals surface area contributed by atoms with Gasteiger partial charge in [0.05, 0.1) is 0 Å². The van der Waals surface area contributed by atoms with E-state index in [2.05, 4.69) is 4.74 Å². The van der Waals surface area contributed by atoms with Gasteiger partial charge >= 0.3 is 6.36 Å². The molecular formula is C12H15F3O. The van der Waals surface area contributed by atoms with E-state index < -0.39 is 6.36 Å².